The summed E-state index contributed by atoms with van der Waals surface area (Å²) in [4.78, 5) is 17.0. The van der Waals surface area contributed by atoms with Crippen LogP contribution < -0.4 is 4.90 Å². The first-order valence-corrected chi connectivity index (χ1v) is 11.6. The minimum Gasteiger partial charge on any atom is -0.368 e. The maximum Gasteiger partial charge on any atom is 0.233 e. The first-order chi connectivity index (χ1) is 15.1. The van der Waals surface area contributed by atoms with Crippen LogP contribution in [0.25, 0.3) is 16.6 Å². The molecule has 31 heavy (non-hydrogen) atoms. The second kappa shape index (κ2) is 8.40. The predicted octanol–water partition coefficient (Wildman–Crippen LogP) is 4.29. The van der Waals surface area contributed by atoms with Gasteiger partial charge in [0.15, 0.2) is 10.8 Å². The zero-order valence-corrected chi connectivity index (χ0v) is 18.7. The van der Waals surface area contributed by atoms with Gasteiger partial charge in [-0.15, -0.1) is 10.2 Å². The Kier molecular flexibility index (Phi) is 5.46. The van der Waals surface area contributed by atoms with Crippen molar-refractivity contribution in [3.8, 4) is 0 Å². The van der Waals surface area contributed by atoms with Crippen molar-refractivity contribution < 1.29 is 4.79 Å². The van der Waals surface area contributed by atoms with Gasteiger partial charge >= 0.3 is 0 Å². The largest absolute Gasteiger partial charge is 0.368 e. The number of nitrogens with zero attached hydrogens (tertiary/aromatic N) is 5. The monoisotopic (exact) mass is 451 g/mol. The van der Waals surface area contributed by atoms with Gasteiger partial charge in [0.1, 0.15) is 0 Å². The zero-order chi connectivity index (χ0) is 21.4. The number of halogens is 1. The van der Waals surface area contributed by atoms with Gasteiger partial charge in [0, 0.05) is 42.3 Å². The van der Waals surface area contributed by atoms with Crippen molar-refractivity contribution in [2.45, 2.75) is 12.1 Å². The van der Waals surface area contributed by atoms with Crippen molar-refractivity contribution in [3.63, 3.8) is 0 Å². The number of aryl methyl sites for hydroxylation is 1. The van der Waals surface area contributed by atoms with Crippen molar-refractivity contribution in [1.82, 2.24) is 19.5 Å². The van der Waals surface area contributed by atoms with Crippen LogP contribution in [0.3, 0.4) is 0 Å². The lowest BCUT2D eigenvalue weighted by Crippen LogP contribution is -2.49. The summed E-state index contributed by atoms with van der Waals surface area (Å²) in [7, 11) is 0. The summed E-state index contributed by atoms with van der Waals surface area (Å²) in [5.74, 6) is 0.476. The second-order valence-electron chi connectivity index (χ2n) is 7.66. The number of piperazine rings is 1. The smallest absolute Gasteiger partial charge is 0.233 e. The van der Waals surface area contributed by atoms with E-state index < -0.39 is 0 Å². The van der Waals surface area contributed by atoms with E-state index in [1.165, 1.54) is 22.7 Å². The Morgan fingerprint density at radius 1 is 1.03 bits per heavy atom. The van der Waals surface area contributed by atoms with Gasteiger partial charge in [-0.1, -0.05) is 47.6 Å². The minimum absolute atomic E-state index is 0.129. The Balaban J connectivity index is 1.26. The summed E-state index contributed by atoms with van der Waals surface area (Å²) >= 11 is 7.56. The molecule has 2 aromatic heterocycles. The molecule has 0 saturated carbocycles. The summed E-state index contributed by atoms with van der Waals surface area (Å²) < 4.78 is 2.04. The molecule has 0 radical (unpaired) electrons. The third-order valence-corrected chi connectivity index (χ3v) is 6.85. The number of fused-ring (bicyclic) bond motifs is 3. The molecule has 4 aromatic rings. The van der Waals surface area contributed by atoms with Gasteiger partial charge < -0.3 is 9.80 Å². The molecule has 0 bridgehead atoms. The maximum atomic E-state index is 12.9. The Bertz CT molecular complexity index is 1270. The third kappa shape index (κ3) is 3.95. The molecular formula is C23H22ClN5OS. The quantitative estimate of drug-likeness (QED) is 0.433. The normalized spacial score (nSPS) is 14.5. The van der Waals surface area contributed by atoms with Crippen LogP contribution in [0.15, 0.2) is 59.8 Å². The average Bonchev–Trinajstić information content (AvgIpc) is 3.20. The molecule has 0 atom stereocenters. The summed E-state index contributed by atoms with van der Waals surface area (Å²) in [6.45, 7) is 5.09. The molecule has 0 N–H and O–H groups in total. The number of carbonyl (C=O) groups is 1. The summed E-state index contributed by atoms with van der Waals surface area (Å²) in [6.07, 6.45) is 0. The first kappa shape index (κ1) is 20.2. The minimum atomic E-state index is 0.129. The molecule has 1 fully saturated rings. The van der Waals surface area contributed by atoms with Crippen LogP contribution in [0.2, 0.25) is 5.02 Å². The van der Waals surface area contributed by atoms with Crippen LogP contribution in [0.4, 0.5) is 5.69 Å². The van der Waals surface area contributed by atoms with Crippen LogP contribution >= 0.6 is 23.4 Å². The lowest BCUT2D eigenvalue weighted by Gasteiger charge is -2.36. The summed E-state index contributed by atoms with van der Waals surface area (Å²) in [5, 5.41) is 11.3. The van der Waals surface area contributed by atoms with Crippen molar-refractivity contribution in [1.29, 1.82) is 0 Å². The number of para-hydroxylation sites is 1. The van der Waals surface area contributed by atoms with Gasteiger partial charge in [0.05, 0.1) is 11.3 Å². The molecule has 0 aliphatic carbocycles. The van der Waals surface area contributed by atoms with E-state index in [0.29, 0.717) is 18.8 Å². The van der Waals surface area contributed by atoms with E-state index in [-0.39, 0.29) is 5.91 Å². The molecular weight excluding hydrogens is 430 g/mol. The fourth-order valence-corrected chi connectivity index (χ4v) is 5.11. The lowest BCUT2D eigenvalue weighted by atomic mass is 10.1. The fourth-order valence-electron chi connectivity index (χ4n) is 4.07. The Morgan fingerprint density at radius 3 is 2.65 bits per heavy atom. The van der Waals surface area contributed by atoms with E-state index in [0.717, 1.165) is 40.1 Å². The van der Waals surface area contributed by atoms with Gasteiger partial charge in [0.25, 0.3) is 0 Å². The van der Waals surface area contributed by atoms with E-state index in [1.54, 1.807) is 0 Å². The summed E-state index contributed by atoms with van der Waals surface area (Å²) in [6, 6.07) is 18.1. The second-order valence-corrected chi connectivity index (χ2v) is 9.04. The van der Waals surface area contributed by atoms with Gasteiger partial charge in [0.2, 0.25) is 5.91 Å². The molecule has 1 aliphatic rings. The third-order valence-electron chi connectivity index (χ3n) is 5.70. The first-order valence-electron chi connectivity index (χ1n) is 10.2. The van der Waals surface area contributed by atoms with Gasteiger partial charge in [-0.05, 0) is 42.8 Å². The number of amides is 1. The molecule has 1 saturated heterocycles. The van der Waals surface area contributed by atoms with Crippen LogP contribution in [0.5, 0.6) is 0 Å². The Hall–Kier alpha value is -2.77. The topological polar surface area (TPSA) is 53.7 Å². The summed E-state index contributed by atoms with van der Waals surface area (Å²) in [5.41, 5.74) is 4.14. The van der Waals surface area contributed by atoms with Crippen LogP contribution in [-0.2, 0) is 4.79 Å². The molecule has 0 unspecified atom stereocenters. The van der Waals surface area contributed by atoms with E-state index in [9.17, 15) is 4.79 Å². The number of carbonyl (C=O) groups excluding carboxylic acids is 1. The van der Waals surface area contributed by atoms with Gasteiger partial charge in [-0.3, -0.25) is 9.20 Å². The number of hydrogen-bond donors (Lipinski definition) is 0. The van der Waals surface area contributed by atoms with E-state index >= 15 is 0 Å². The molecule has 2 aromatic carbocycles. The SMILES string of the molecule is Cc1cc2nnc(SCC(=O)N3CCN(c4cccc(Cl)c4)CC3)n2c2ccccc12. The van der Waals surface area contributed by atoms with Crippen LogP contribution in [0, 0.1) is 6.92 Å². The molecule has 158 valence electrons. The number of thioether (sulfide) groups is 1. The van der Waals surface area contributed by atoms with Crippen molar-refractivity contribution >= 4 is 51.5 Å². The van der Waals surface area contributed by atoms with Crippen molar-refractivity contribution in [2.75, 3.05) is 36.8 Å². The van der Waals surface area contributed by atoms with Crippen molar-refractivity contribution in [2.24, 2.45) is 0 Å². The Morgan fingerprint density at radius 2 is 1.84 bits per heavy atom. The molecule has 0 spiro atoms. The molecule has 6 nitrogen and oxygen atoms in total. The molecule has 3 heterocycles. The molecule has 1 amide bonds. The maximum absolute atomic E-state index is 12.9. The predicted molar refractivity (Wildman–Crippen MR) is 126 cm³/mol. The number of anilines is 1. The highest BCUT2D eigenvalue weighted by Gasteiger charge is 2.22. The van der Waals surface area contributed by atoms with Gasteiger partial charge in [-0.2, -0.15) is 0 Å². The van der Waals surface area contributed by atoms with E-state index in [4.69, 9.17) is 11.6 Å². The van der Waals surface area contributed by atoms with Crippen LogP contribution in [-0.4, -0.2) is 57.3 Å². The standard InChI is InChI=1S/C23H22ClN5OS/c1-16-13-21-25-26-23(29(21)20-8-3-2-7-19(16)20)31-15-22(30)28-11-9-27(10-12-28)18-6-4-5-17(24)14-18/h2-8,13-14H,9-12,15H2,1H3. The number of hydrogen-bond acceptors (Lipinski definition) is 5. The molecule has 8 heteroatoms. The number of pyridine rings is 1. The van der Waals surface area contributed by atoms with Crippen molar-refractivity contribution in [3.05, 3.63) is 65.2 Å². The fraction of sp³-hybridized carbons (Fsp3) is 0.261. The lowest BCUT2D eigenvalue weighted by molar-refractivity contribution is -0.128. The highest BCUT2D eigenvalue weighted by Crippen LogP contribution is 2.26. The number of aromatic nitrogens is 3. The highest BCUT2D eigenvalue weighted by molar-refractivity contribution is 7.99. The van der Waals surface area contributed by atoms with E-state index in [2.05, 4.69) is 40.2 Å². The zero-order valence-electron chi connectivity index (χ0n) is 17.2. The highest BCUT2D eigenvalue weighted by atomic mass is 35.5. The van der Waals surface area contributed by atoms with Gasteiger partial charge in [-0.25, -0.2) is 0 Å². The molecule has 1 aliphatic heterocycles. The number of benzene rings is 2. The molecule has 5 rings (SSSR count). The average molecular weight is 452 g/mol. The Labute approximate surface area is 189 Å². The number of rotatable bonds is 4. The van der Waals surface area contributed by atoms with Crippen LogP contribution in [0.1, 0.15) is 5.56 Å². The van der Waals surface area contributed by atoms with E-state index in [1.807, 2.05) is 45.7 Å².